The predicted molar refractivity (Wildman–Crippen MR) is 235 cm³/mol. The Bertz CT molecular complexity index is 3290. The number of hydrogen-bond acceptors (Lipinski definition) is 4. The Morgan fingerprint density at radius 1 is 0.375 bits per heavy atom. The molecular weight excluding hydrogens is 685 g/mol. The lowest BCUT2D eigenvalue weighted by Crippen LogP contribution is -2.11. The molecule has 0 amide bonds. The van der Waals surface area contributed by atoms with Gasteiger partial charge in [-0.05, 0) is 88.5 Å². The minimum Gasteiger partial charge on any atom is -0.454 e. The third-order valence-electron chi connectivity index (χ3n) is 11.0. The zero-order valence-electron chi connectivity index (χ0n) is 30.4. The number of benzene rings is 9. The summed E-state index contributed by atoms with van der Waals surface area (Å²) >= 11 is 0. The van der Waals surface area contributed by atoms with Gasteiger partial charge in [0.15, 0.2) is 11.2 Å². The van der Waals surface area contributed by atoms with E-state index in [1.165, 1.54) is 0 Å². The Kier molecular flexibility index (Phi) is 7.29. The van der Waals surface area contributed by atoms with E-state index in [2.05, 4.69) is 180 Å². The van der Waals surface area contributed by atoms with E-state index in [1.807, 2.05) is 30.3 Å². The number of anilines is 6. The molecule has 4 heteroatoms. The third-order valence-corrected chi connectivity index (χ3v) is 11.0. The van der Waals surface area contributed by atoms with Crippen LogP contribution < -0.4 is 9.80 Å². The van der Waals surface area contributed by atoms with E-state index in [-0.39, 0.29) is 0 Å². The van der Waals surface area contributed by atoms with Gasteiger partial charge in [0.25, 0.3) is 0 Å². The standard InChI is InChI=1S/C52H34N2O2/c1-2-34-29-32-45(54(37-17-7-4-8-18-37)47-24-14-22-42-40-20-10-12-26-49(40)56-52(42)47)43-31-28-35-27-30-38(33-44(35)50(34)43)53(36-15-5-3-6-16-36)46-23-13-21-41-39-19-9-11-25-48(39)55-51(41)46/h2-33H,1H2. The zero-order chi connectivity index (χ0) is 37.2. The molecule has 0 aliphatic rings. The second kappa shape index (κ2) is 12.8. The summed E-state index contributed by atoms with van der Waals surface area (Å²) in [4.78, 5) is 4.63. The van der Waals surface area contributed by atoms with Crippen LogP contribution >= 0.6 is 0 Å². The predicted octanol–water partition coefficient (Wildman–Crippen LogP) is 15.4. The molecule has 9 aromatic carbocycles. The van der Waals surface area contributed by atoms with Gasteiger partial charge >= 0.3 is 0 Å². The van der Waals surface area contributed by atoms with Crippen LogP contribution in [0.15, 0.2) is 203 Å². The molecule has 0 fully saturated rings. The number of fused-ring (bicyclic) bond motifs is 9. The Labute approximate surface area is 323 Å². The molecule has 0 bridgehead atoms. The number of para-hydroxylation sites is 6. The van der Waals surface area contributed by atoms with Gasteiger partial charge in [-0.3, -0.25) is 0 Å². The number of hydrogen-bond donors (Lipinski definition) is 0. The topological polar surface area (TPSA) is 32.8 Å². The molecule has 4 nitrogen and oxygen atoms in total. The van der Waals surface area contributed by atoms with Crippen LogP contribution in [0.5, 0.6) is 0 Å². The van der Waals surface area contributed by atoms with Crippen LogP contribution in [0.25, 0.3) is 71.5 Å². The molecule has 11 rings (SSSR count). The van der Waals surface area contributed by atoms with Crippen molar-refractivity contribution in [2.24, 2.45) is 0 Å². The van der Waals surface area contributed by atoms with Crippen LogP contribution in [0.1, 0.15) is 5.56 Å². The van der Waals surface area contributed by atoms with Crippen LogP contribution in [0.4, 0.5) is 34.1 Å². The Balaban J connectivity index is 1.17. The summed E-state index contributed by atoms with van der Waals surface area (Å²) in [6, 6.07) is 66.0. The summed E-state index contributed by atoms with van der Waals surface area (Å²) in [5, 5.41) is 8.88. The molecule has 0 aliphatic carbocycles. The van der Waals surface area contributed by atoms with Gasteiger partial charge in [-0.15, -0.1) is 0 Å². The van der Waals surface area contributed by atoms with Gasteiger partial charge in [-0.25, -0.2) is 0 Å². The molecule has 2 heterocycles. The van der Waals surface area contributed by atoms with E-state index >= 15 is 0 Å². The van der Waals surface area contributed by atoms with Crippen molar-refractivity contribution in [1.82, 2.24) is 0 Å². The average Bonchev–Trinajstić information content (AvgIpc) is 3.84. The molecule has 264 valence electrons. The fraction of sp³-hybridized carbons (Fsp3) is 0. The highest BCUT2D eigenvalue weighted by atomic mass is 16.3. The van der Waals surface area contributed by atoms with Crippen LogP contribution in [-0.2, 0) is 0 Å². The third kappa shape index (κ3) is 4.93. The molecule has 0 aliphatic heterocycles. The maximum absolute atomic E-state index is 6.64. The van der Waals surface area contributed by atoms with Crippen LogP contribution in [0.2, 0.25) is 0 Å². The fourth-order valence-corrected chi connectivity index (χ4v) is 8.48. The van der Waals surface area contributed by atoms with E-state index < -0.39 is 0 Å². The SMILES string of the molecule is C=Cc1ccc(N(c2ccccc2)c2cccc3c2oc2ccccc23)c2ccc3ccc(N(c4ccccc4)c4cccc5c4oc4ccccc45)cc3c12. The number of rotatable bonds is 7. The maximum atomic E-state index is 6.64. The molecule has 11 aromatic rings. The molecule has 2 aromatic heterocycles. The van der Waals surface area contributed by atoms with Crippen molar-refractivity contribution in [2.75, 3.05) is 9.80 Å². The van der Waals surface area contributed by atoms with Crippen LogP contribution in [-0.4, -0.2) is 0 Å². The maximum Gasteiger partial charge on any atom is 0.159 e. The highest BCUT2D eigenvalue weighted by Crippen LogP contribution is 2.47. The molecule has 0 unspecified atom stereocenters. The second-order valence-corrected chi connectivity index (χ2v) is 14.1. The summed E-state index contributed by atoms with van der Waals surface area (Å²) in [7, 11) is 0. The van der Waals surface area contributed by atoms with Crippen molar-refractivity contribution in [3.05, 3.63) is 200 Å². The Hall–Kier alpha value is -7.56. The van der Waals surface area contributed by atoms with Crippen molar-refractivity contribution >= 4 is 106 Å². The quantitative estimate of drug-likeness (QED) is 0.154. The zero-order valence-corrected chi connectivity index (χ0v) is 30.4. The lowest BCUT2D eigenvalue weighted by Gasteiger charge is -2.28. The monoisotopic (exact) mass is 718 g/mol. The first kappa shape index (κ1) is 31.9. The number of nitrogens with zero attached hydrogens (tertiary/aromatic N) is 2. The highest BCUT2D eigenvalue weighted by molar-refractivity contribution is 6.18. The second-order valence-electron chi connectivity index (χ2n) is 14.1. The van der Waals surface area contributed by atoms with Gasteiger partial charge in [0.1, 0.15) is 11.2 Å². The van der Waals surface area contributed by atoms with Crippen LogP contribution in [0, 0.1) is 0 Å². The molecular formula is C52H34N2O2. The lowest BCUT2D eigenvalue weighted by atomic mass is 9.94. The highest BCUT2D eigenvalue weighted by Gasteiger charge is 2.23. The molecule has 0 atom stereocenters. The molecule has 0 spiro atoms. The molecule has 0 radical (unpaired) electrons. The normalized spacial score (nSPS) is 11.6. The molecule has 0 N–H and O–H groups in total. The first-order chi connectivity index (χ1) is 27.7. The van der Waals surface area contributed by atoms with Gasteiger partial charge in [0.2, 0.25) is 0 Å². The first-order valence-electron chi connectivity index (χ1n) is 18.9. The van der Waals surface area contributed by atoms with Gasteiger partial charge in [-0.1, -0.05) is 134 Å². The minimum atomic E-state index is 0.847. The summed E-state index contributed by atoms with van der Waals surface area (Å²) in [5.74, 6) is 0. The summed E-state index contributed by atoms with van der Waals surface area (Å²) in [5.41, 5.74) is 10.6. The summed E-state index contributed by atoms with van der Waals surface area (Å²) in [6.45, 7) is 4.30. The first-order valence-corrected chi connectivity index (χ1v) is 18.9. The van der Waals surface area contributed by atoms with Crippen molar-refractivity contribution in [3.8, 4) is 0 Å². The van der Waals surface area contributed by atoms with Crippen molar-refractivity contribution in [1.29, 1.82) is 0 Å². The van der Waals surface area contributed by atoms with Gasteiger partial charge in [0, 0.05) is 44.0 Å². The van der Waals surface area contributed by atoms with Gasteiger partial charge in [0.05, 0.1) is 17.1 Å². The smallest absolute Gasteiger partial charge is 0.159 e. The fourth-order valence-electron chi connectivity index (χ4n) is 8.48. The minimum absolute atomic E-state index is 0.847. The molecule has 56 heavy (non-hydrogen) atoms. The molecule has 0 saturated heterocycles. The molecule has 0 saturated carbocycles. The Morgan fingerprint density at radius 3 is 1.54 bits per heavy atom. The van der Waals surface area contributed by atoms with Crippen molar-refractivity contribution in [3.63, 3.8) is 0 Å². The van der Waals surface area contributed by atoms with E-state index in [1.54, 1.807) is 0 Å². The average molecular weight is 719 g/mol. The summed E-state index contributed by atoms with van der Waals surface area (Å²) in [6.07, 6.45) is 1.97. The number of furan rings is 2. The lowest BCUT2D eigenvalue weighted by molar-refractivity contribution is 0.668. The van der Waals surface area contributed by atoms with Gasteiger partial charge in [-0.2, -0.15) is 0 Å². The van der Waals surface area contributed by atoms with Crippen LogP contribution in [0.3, 0.4) is 0 Å². The van der Waals surface area contributed by atoms with E-state index in [4.69, 9.17) is 8.83 Å². The van der Waals surface area contributed by atoms with Gasteiger partial charge < -0.3 is 18.6 Å². The van der Waals surface area contributed by atoms with Crippen molar-refractivity contribution in [2.45, 2.75) is 0 Å². The van der Waals surface area contributed by atoms with E-state index in [9.17, 15) is 0 Å². The van der Waals surface area contributed by atoms with Crippen molar-refractivity contribution < 1.29 is 8.83 Å². The summed E-state index contributed by atoms with van der Waals surface area (Å²) < 4.78 is 13.2. The Morgan fingerprint density at radius 2 is 0.911 bits per heavy atom. The largest absolute Gasteiger partial charge is 0.454 e. The van der Waals surface area contributed by atoms with E-state index in [0.717, 1.165) is 105 Å². The van der Waals surface area contributed by atoms with E-state index in [0.29, 0.717) is 0 Å².